The normalized spacial score (nSPS) is 15.3. The summed E-state index contributed by atoms with van der Waals surface area (Å²) < 4.78 is 5.12. The van der Waals surface area contributed by atoms with Crippen molar-refractivity contribution in [2.75, 3.05) is 52.2 Å². The van der Waals surface area contributed by atoms with Gasteiger partial charge < -0.3 is 25.6 Å². The molecule has 1 aliphatic heterocycles. The Kier molecular flexibility index (Phi) is 12.2. The summed E-state index contributed by atoms with van der Waals surface area (Å²) in [6, 6.07) is 7.41. The molecule has 0 saturated carbocycles. The van der Waals surface area contributed by atoms with Crippen LogP contribution in [-0.4, -0.2) is 74.6 Å². The van der Waals surface area contributed by atoms with Crippen molar-refractivity contribution < 1.29 is 14.3 Å². The van der Waals surface area contributed by atoms with E-state index in [1.54, 1.807) is 0 Å². The minimum absolute atomic E-state index is 0. The van der Waals surface area contributed by atoms with Gasteiger partial charge in [0.15, 0.2) is 0 Å². The monoisotopic (exact) mass is 420 g/mol. The van der Waals surface area contributed by atoms with Crippen LogP contribution in [0.15, 0.2) is 24.3 Å². The minimum atomic E-state index is -0.290. The Morgan fingerprint density at radius 2 is 1.89 bits per heavy atom. The summed E-state index contributed by atoms with van der Waals surface area (Å²) in [7, 11) is 3.60. The van der Waals surface area contributed by atoms with E-state index in [0.29, 0.717) is 18.7 Å². The molecular weight excluding hydrogens is 391 g/mol. The predicted octanol–water partition coefficient (Wildman–Crippen LogP) is 1.15. The molecule has 1 atom stereocenters. The van der Waals surface area contributed by atoms with Crippen LogP contribution >= 0.6 is 24.8 Å². The highest BCUT2D eigenvalue weighted by Crippen LogP contribution is 2.13. The van der Waals surface area contributed by atoms with E-state index in [0.717, 1.165) is 31.7 Å². The number of nitrogens with two attached hydrogens (primary N) is 1. The van der Waals surface area contributed by atoms with E-state index in [4.69, 9.17) is 10.5 Å². The summed E-state index contributed by atoms with van der Waals surface area (Å²) in [6.07, 6.45) is 0.260. The zero-order chi connectivity index (χ0) is 18.2. The van der Waals surface area contributed by atoms with Gasteiger partial charge in [-0.2, -0.15) is 0 Å². The second-order valence-electron chi connectivity index (χ2n) is 6.41. The molecule has 0 aromatic heterocycles. The highest BCUT2D eigenvalue weighted by atomic mass is 35.5. The quantitative estimate of drug-likeness (QED) is 0.690. The van der Waals surface area contributed by atoms with Crippen molar-refractivity contribution in [2.45, 2.75) is 18.9 Å². The lowest BCUT2D eigenvalue weighted by Crippen LogP contribution is -2.47. The van der Waals surface area contributed by atoms with Crippen molar-refractivity contribution in [1.82, 2.24) is 9.80 Å². The van der Waals surface area contributed by atoms with Gasteiger partial charge in [-0.3, -0.25) is 9.59 Å². The third-order valence-electron chi connectivity index (χ3n) is 4.43. The van der Waals surface area contributed by atoms with E-state index in [1.165, 1.54) is 7.11 Å². The van der Waals surface area contributed by atoms with Gasteiger partial charge in [-0.05, 0) is 24.7 Å². The molecule has 0 radical (unpaired) electrons. The van der Waals surface area contributed by atoms with E-state index < -0.39 is 0 Å². The molecule has 1 aromatic rings. The lowest BCUT2D eigenvalue weighted by Gasteiger charge is -2.32. The van der Waals surface area contributed by atoms with Gasteiger partial charge in [0, 0.05) is 45.5 Å². The number of nitrogens with zero attached hydrogens (tertiary/aromatic N) is 2. The van der Waals surface area contributed by atoms with Gasteiger partial charge in [-0.15, -0.1) is 24.8 Å². The van der Waals surface area contributed by atoms with E-state index in [1.807, 2.05) is 29.2 Å². The van der Waals surface area contributed by atoms with Crippen LogP contribution in [-0.2, 0) is 20.7 Å². The Hall–Kier alpha value is -1.38. The molecule has 1 aromatic carbocycles. The van der Waals surface area contributed by atoms with Crippen LogP contribution in [0.4, 0.5) is 5.69 Å². The highest BCUT2D eigenvalue weighted by Gasteiger charge is 2.19. The minimum Gasteiger partial charge on any atom is -0.380 e. The Morgan fingerprint density at radius 1 is 1.22 bits per heavy atom. The molecule has 2 amide bonds. The Morgan fingerprint density at radius 3 is 2.48 bits per heavy atom. The van der Waals surface area contributed by atoms with Gasteiger partial charge >= 0.3 is 0 Å². The molecule has 1 heterocycles. The van der Waals surface area contributed by atoms with Crippen molar-refractivity contribution in [3.8, 4) is 0 Å². The summed E-state index contributed by atoms with van der Waals surface area (Å²) >= 11 is 0. The molecule has 1 fully saturated rings. The maximum atomic E-state index is 12.4. The van der Waals surface area contributed by atoms with Crippen LogP contribution in [0.2, 0.25) is 0 Å². The highest BCUT2D eigenvalue weighted by molar-refractivity contribution is 5.91. The number of hydrogen-bond donors (Lipinski definition) is 2. The molecule has 0 spiro atoms. The smallest absolute Gasteiger partial charge is 0.227 e. The summed E-state index contributed by atoms with van der Waals surface area (Å²) in [6.45, 7) is 3.64. The number of piperazine rings is 1. The van der Waals surface area contributed by atoms with Crippen molar-refractivity contribution in [3.05, 3.63) is 29.8 Å². The lowest BCUT2D eigenvalue weighted by molar-refractivity contribution is -0.132. The summed E-state index contributed by atoms with van der Waals surface area (Å²) in [4.78, 5) is 28.6. The summed E-state index contributed by atoms with van der Waals surface area (Å²) in [5.41, 5.74) is 7.11. The average Bonchev–Trinajstić information content (AvgIpc) is 2.60. The molecular formula is C18H30Cl2N4O3. The van der Waals surface area contributed by atoms with E-state index in [-0.39, 0.29) is 49.2 Å². The zero-order valence-electron chi connectivity index (χ0n) is 15.8. The van der Waals surface area contributed by atoms with Crippen LogP contribution in [0.1, 0.15) is 12.0 Å². The molecule has 0 bridgehead atoms. The molecule has 7 nitrogen and oxygen atoms in total. The number of halogens is 2. The molecule has 3 N–H and O–H groups in total. The molecule has 9 heteroatoms. The summed E-state index contributed by atoms with van der Waals surface area (Å²) in [5, 5.41) is 2.83. The molecule has 1 saturated heterocycles. The van der Waals surface area contributed by atoms with Gasteiger partial charge in [0.1, 0.15) is 0 Å². The number of amides is 2. The second kappa shape index (κ2) is 12.9. The molecule has 1 aliphatic rings. The van der Waals surface area contributed by atoms with Crippen LogP contribution in [0, 0.1) is 0 Å². The fourth-order valence-corrected chi connectivity index (χ4v) is 2.78. The first-order valence-electron chi connectivity index (χ1n) is 8.59. The van der Waals surface area contributed by atoms with Crippen molar-refractivity contribution in [3.63, 3.8) is 0 Å². The predicted molar refractivity (Wildman–Crippen MR) is 112 cm³/mol. The summed E-state index contributed by atoms with van der Waals surface area (Å²) in [5.74, 6) is -0.0287. The first-order chi connectivity index (χ1) is 12.0. The maximum absolute atomic E-state index is 12.4. The number of nitrogens with one attached hydrogen (secondary N) is 1. The first-order valence-corrected chi connectivity index (χ1v) is 8.59. The number of ether oxygens (including phenoxy) is 1. The largest absolute Gasteiger partial charge is 0.380 e. The molecule has 1 unspecified atom stereocenters. The van der Waals surface area contributed by atoms with Crippen molar-refractivity contribution in [2.24, 2.45) is 5.73 Å². The van der Waals surface area contributed by atoms with Crippen LogP contribution < -0.4 is 11.1 Å². The third kappa shape index (κ3) is 8.45. The van der Waals surface area contributed by atoms with Crippen LogP contribution in [0.5, 0.6) is 0 Å². The fraction of sp³-hybridized carbons (Fsp3) is 0.556. The van der Waals surface area contributed by atoms with E-state index in [2.05, 4.69) is 17.3 Å². The number of carbonyl (C=O) groups is 2. The van der Waals surface area contributed by atoms with Gasteiger partial charge in [0.25, 0.3) is 0 Å². The molecule has 154 valence electrons. The number of likely N-dealkylation sites (N-methyl/N-ethyl adjacent to an activating group) is 1. The van der Waals surface area contributed by atoms with Gasteiger partial charge in [0.2, 0.25) is 11.8 Å². The van der Waals surface area contributed by atoms with Crippen molar-refractivity contribution in [1.29, 1.82) is 0 Å². The number of methoxy groups -OCH3 is 1. The van der Waals surface area contributed by atoms with Gasteiger partial charge in [-0.25, -0.2) is 0 Å². The van der Waals surface area contributed by atoms with E-state index >= 15 is 0 Å². The maximum Gasteiger partial charge on any atom is 0.227 e. The molecule has 0 aliphatic carbocycles. The zero-order valence-corrected chi connectivity index (χ0v) is 17.5. The first kappa shape index (κ1) is 25.6. The van der Waals surface area contributed by atoms with Crippen LogP contribution in [0.3, 0.4) is 0 Å². The lowest BCUT2D eigenvalue weighted by atomic mass is 10.1. The van der Waals surface area contributed by atoms with Gasteiger partial charge in [0.05, 0.1) is 18.9 Å². The topological polar surface area (TPSA) is 87.9 Å². The average molecular weight is 421 g/mol. The Bertz CT molecular complexity index is 592. The number of hydrogen-bond acceptors (Lipinski definition) is 5. The van der Waals surface area contributed by atoms with Gasteiger partial charge in [-0.1, -0.05) is 12.1 Å². The Balaban J connectivity index is 0.00000338. The third-order valence-corrected chi connectivity index (χ3v) is 4.43. The molecule has 2 rings (SSSR count). The van der Waals surface area contributed by atoms with Crippen LogP contribution in [0.25, 0.3) is 0 Å². The number of rotatable bonds is 7. The number of benzene rings is 1. The second-order valence-corrected chi connectivity index (χ2v) is 6.41. The fourth-order valence-electron chi connectivity index (χ4n) is 2.78. The standard InChI is InChI=1S/C18H28N4O3.2ClH/c1-21-6-8-22(9-7-21)18(24)11-14-4-3-5-15(10-14)20-17(23)12-16(13-19)25-2;;/h3-5,10,16H,6-9,11-13,19H2,1-2H3,(H,20,23);2*1H. The van der Waals surface area contributed by atoms with Crippen molar-refractivity contribution >= 4 is 42.3 Å². The number of carbonyl (C=O) groups excluding carboxylic acids is 2. The van der Waals surface area contributed by atoms with E-state index in [9.17, 15) is 9.59 Å². The Labute approximate surface area is 173 Å². The number of anilines is 1. The SMILES string of the molecule is COC(CN)CC(=O)Nc1cccc(CC(=O)N2CCN(C)CC2)c1.Cl.Cl. The molecule has 27 heavy (non-hydrogen) atoms.